The van der Waals surface area contributed by atoms with Crippen LogP contribution in [0, 0.1) is 0 Å². The smallest absolute Gasteiger partial charge is 0.244 e. The molecular weight excluding hydrogens is 320 g/mol. The van der Waals surface area contributed by atoms with Crippen LogP contribution in [0.5, 0.6) is 0 Å². The second-order valence-corrected chi connectivity index (χ2v) is 6.87. The molecule has 0 aliphatic carbocycles. The quantitative estimate of drug-likeness (QED) is 0.701. The van der Waals surface area contributed by atoms with Gasteiger partial charge in [0.2, 0.25) is 15.9 Å². The largest absolute Gasteiger partial charge is 0.395 e. The monoisotopic (exact) mass is 340 g/mol. The molecule has 1 amide bonds. The van der Waals surface area contributed by atoms with Gasteiger partial charge in [-0.25, -0.2) is 8.42 Å². The minimum Gasteiger partial charge on any atom is -0.395 e. The summed E-state index contributed by atoms with van der Waals surface area (Å²) in [6, 6.07) is 6.33. The molecule has 1 aromatic carbocycles. The molecule has 1 saturated heterocycles. The van der Waals surface area contributed by atoms with Crippen molar-refractivity contribution in [3.05, 3.63) is 35.9 Å². The Labute approximate surface area is 135 Å². The number of ether oxygens (including phenoxy) is 1. The minimum atomic E-state index is -3.50. The van der Waals surface area contributed by atoms with E-state index >= 15 is 0 Å². The lowest BCUT2D eigenvalue weighted by Crippen LogP contribution is -2.40. The van der Waals surface area contributed by atoms with Gasteiger partial charge in [-0.15, -0.1) is 0 Å². The molecule has 2 N–H and O–H groups in total. The second kappa shape index (κ2) is 8.21. The number of rotatable bonds is 6. The summed E-state index contributed by atoms with van der Waals surface area (Å²) in [6.45, 7) is 1.60. The second-order valence-electron chi connectivity index (χ2n) is 4.93. The molecular formula is C15H20N2O5S. The van der Waals surface area contributed by atoms with Gasteiger partial charge in [0.25, 0.3) is 0 Å². The summed E-state index contributed by atoms with van der Waals surface area (Å²) in [5, 5.41) is 11.1. The number of hydrogen-bond donors (Lipinski definition) is 2. The van der Waals surface area contributed by atoms with E-state index < -0.39 is 10.0 Å². The number of amides is 1. The van der Waals surface area contributed by atoms with Crippen LogP contribution in [0.2, 0.25) is 0 Å². The van der Waals surface area contributed by atoms with Crippen molar-refractivity contribution in [3.63, 3.8) is 0 Å². The van der Waals surface area contributed by atoms with Crippen LogP contribution < -0.4 is 5.32 Å². The maximum absolute atomic E-state index is 12.4. The maximum atomic E-state index is 12.4. The molecule has 1 aliphatic rings. The van der Waals surface area contributed by atoms with E-state index in [0.29, 0.717) is 31.9 Å². The maximum Gasteiger partial charge on any atom is 0.244 e. The Bertz CT molecular complexity index is 649. The topological polar surface area (TPSA) is 95.9 Å². The Morgan fingerprint density at radius 2 is 1.91 bits per heavy atom. The summed E-state index contributed by atoms with van der Waals surface area (Å²) < 4.78 is 31.5. The molecule has 1 aliphatic heterocycles. The lowest BCUT2D eigenvalue weighted by atomic mass is 10.2. The molecule has 7 nitrogen and oxygen atoms in total. The number of sulfonamides is 1. The van der Waals surface area contributed by atoms with E-state index in [9.17, 15) is 13.2 Å². The van der Waals surface area contributed by atoms with Crippen LogP contribution in [0.4, 0.5) is 0 Å². The third-order valence-electron chi connectivity index (χ3n) is 3.33. The predicted octanol–water partition coefficient (Wildman–Crippen LogP) is -0.171. The van der Waals surface area contributed by atoms with Gasteiger partial charge >= 0.3 is 0 Å². The number of aliphatic hydroxyl groups is 1. The number of benzene rings is 1. The van der Waals surface area contributed by atoms with Crippen molar-refractivity contribution in [1.82, 2.24) is 9.62 Å². The SMILES string of the molecule is O=C(C=Cc1ccc(S(=O)(=O)N2CCOCC2)cc1)NCCO. The Morgan fingerprint density at radius 3 is 2.52 bits per heavy atom. The van der Waals surface area contributed by atoms with E-state index in [2.05, 4.69) is 5.32 Å². The van der Waals surface area contributed by atoms with Gasteiger partial charge in [-0.3, -0.25) is 4.79 Å². The van der Waals surface area contributed by atoms with Crippen molar-refractivity contribution < 1.29 is 23.1 Å². The van der Waals surface area contributed by atoms with Gasteiger partial charge in [-0.05, 0) is 23.8 Å². The van der Waals surface area contributed by atoms with Crippen molar-refractivity contribution in [2.45, 2.75) is 4.90 Å². The van der Waals surface area contributed by atoms with Gasteiger partial charge in [0.1, 0.15) is 0 Å². The fraction of sp³-hybridized carbons (Fsp3) is 0.400. The molecule has 1 fully saturated rings. The third-order valence-corrected chi connectivity index (χ3v) is 5.24. The first kappa shape index (κ1) is 17.6. The zero-order chi connectivity index (χ0) is 16.7. The van der Waals surface area contributed by atoms with Crippen LogP contribution in [0.15, 0.2) is 35.2 Å². The highest BCUT2D eigenvalue weighted by Crippen LogP contribution is 2.18. The average molecular weight is 340 g/mol. The summed E-state index contributed by atoms with van der Waals surface area (Å²) in [5.41, 5.74) is 0.713. The van der Waals surface area contributed by atoms with E-state index in [1.165, 1.54) is 22.5 Å². The first-order valence-electron chi connectivity index (χ1n) is 7.29. The molecule has 23 heavy (non-hydrogen) atoms. The number of hydrogen-bond acceptors (Lipinski definition) is 5. The number of nitrogens with one attached hydrogen (secondary N) is 1. The van der Waals surface area contributed by atoms with Crippen molar-refractivity contribution in [3.8, 4) is 0 Å². The normalized spacial score (nSPS) is 16.6. The van der Waals surface area contributed by atoms with Gasteiger partial charge in [-0.1, -0.05) is 12.1 Å². The van der Waals surface area contributed by atoms with Crippen LogP contribution in [0.3, 0.4) is 0 Å². The molecule has 1 aromatic rings. The molecule has 0 aromatic heterocycles. The highest BCUT2D eigenvalue weighted by molar-refractivity contribution is 7.89. The molecule has 0 saturated carbocycles. The highest BCUT2D eigenvalue weighted by Gasteiger charge is 2.25. The van der Waals surface area contributed by atoms with E-state index in [1.54, 1.807) is 18.2 Å². The summed E-state index contributed by atoms with van der Waals surface area (Å²) in [6.07, 6.45) is 2.92. The van der Waals surface area contributed by atoms with Gasteiger partial charge in [0, 0.05) is 25.7 Å². The van der Waals surface area contributed by atoms with Crippen LogP contribution in [0.25, 0.3) is 6.08 Å². The first-order valence-corrected chi connectivity index (χ1v) is 8.73. The van der Waals surface area contributed by atoms with Crippen LogP contribution >= 0.6 is 0 Å². The van der Waals surface area contributed by atoms with E-state index in [4.69, 9.17) is 9.84 Å². The summed E-state index contributed by atoms with van der Waals surface area (Å²) in [5.74, 6) is -0.316. The van der Waals surface area contributed by atoms with Crippen LogP contribution in [-0.4, -0.2) is 63.2 Å². The Morgan fingerprint density at radius 1 is 1.26 bits per heavy atom. The predicted molar refractivity (Wildman–Crippen MR) is 85.1 cm³/mol. The highest BCUT2D eigenvalue weighted by atomic mass is 32.2. The molecule has 126 valence electrons. The molecule has 0 radical (unpaired) electrons. The summed E-state index contributed by atoms with van der Waals surface area (Å²) >= 11 is 0. The fourth-order valence-electron chi connectivity index (χ4n) is 2.10. The minimum absolute atomic E-state index is 0.117. The lowest BCUT2D eigenvalue weighted by molar-refractivity contribution is -0.116. The Kier molecular flexibility index (Phi) is 6.28. The molecule has 0 bridgehead atoms. The summed E-state index contributed by atoms with van der Waals surface area (Å²) in [7, 11) is -3.50. The number of carbonyl (C=O) groups is 1. The Hall–Kier alpha value is -1.74. The van der Waals surface area contributed by atoms with Crippen LogP contribution in [-0.2, 0) is 19.6 Å². The third kappa shape index (κ3) is 4.87. The zero-order valence-corrected chi connectivity index (χ0v) is 13.5. The van der Waals surface area contributed by atoms with E-state index in [1.807, 2.05) is 0 Å². The van der Waals surface area contributed by atoms with Crippen molar-refractivity contribution >= 4 is 22.0 Å². The van der Waals surface area contributed by atoms with E-state index in [-0.39, 0.29) is 24.0 Å². The van der Waals surface area contributed by atoms with Gasteiger partial charge < -0.3 is 15.2 Å². The molecule has 0 atom stereocenters. The molecule has 0 unspecified atom stereocenters. The lowest BCUT2D eigenvalue weighted by Gasteiger charge is -2.26. The van der Waals surface area contributed by atoms with Gasteiger partial charge in [-0.2, -0.15) is 4.31 Å². The summed E-state index contributed by atoms with van der Waals surface area (Å²) in [4.78, 5) is 11.6. The molecule has 1 heterocycles. The molecule has 8 heteroatoms. The zero-order valence-electron chi connectivity index (χ0n) is 12.6. The molecule has 2 rings (SSSR count). The number of nitrogens with zero attached hydrogens (tertiary/aromatic N) is 1. The van der Waals surface area contributed by atoms with Gasteiger partial charge in [0.15, 0.2) is 0 Å². The fourth-order valence-corrected chi connectivity index (χ4v) is 3.50. The van der Waals surface area contributed by atoms with Crippen molar-refractivity contribution in [2.75, 3.05) is 39.5 Å². The number of carbonyl (C=O) groups excluding carboxylic acids is 1. The number of morpholine rings is 1. The number of aliphatic hydroxyl groups excluding tert-OH is 1. The van der Waals surface area contributed by atoms with E-state index in [0.717, 1.165) is 0 Å². The van der Waals surface area contributed by atoms with Crippen LogP contribution in [0.1, 0.15) is 5.56 Å². The standard InChI is InChI=1S/C15H20N2O5S/c18-10-7-16-15(19)6-3-13-1-4-14(5-2-13)23(20,21)17-8-11-22-12-9-17/h1-6,18H,7-12H2,(H,16,19). The average Bonchev–Trinajstić information content (AvgIpc) is 2.59. The first-order chi connectivity index (χ1) is 11.0. The van der Waals surface area contributed by atoms with Crippen molar-refractivity contribution in [2.24, 2.45) is 0 Å². The van der Waals surface area contributed by atoms with Crippen molar-refractivity contribution in [1.29, 1.82) is 0 Å². The van der Waals surface area contributed by atoms with Gasteiger partial charge in [0.05, 0.1) is 24.7 Å². The Balaban J connectivity index is 2.04. The molecule has 0 spiro atoms.